The first kappa shape index (κ1) is 83.1. The van der Waals surface area contributed by atoms with Gasteiger partial charge in [-0.25, -0.2) is 9.13 Å². The number of hydrogen-bond donors (Lipinski definition) is 3. The van der Waals surface area contributed by atoms with Crippen molar-refractivity contribution in [2.45, 2.75) is 355 Å². The van der Waals surface area contributed by atoms with Crippen molar-refractivity contribution >= 4 is 39.5 Å². The maximum absolute atomic E-state index is 13.0. The standard InChI is InChI=1S/C66H128O17P2/c1-6-9-12-15-18-19-20-24-28-31-36-40-45-50-64(69)77-56-62(83-66(71)52-47-42-37-32-29-26-23-21-22-25-27-30-35-38-43-48-59(4)5)58-81-85(74,75)79-54-60(67)53-78-84(72,73)80-57-61(82-65(70)51-46-41-34-17-14-11-8-3)55-76-63(68)49-44-39-33-16-13-10-7-2/h59-62,67H,6-58H2,1-5H3,(H,72,73)(H,74,75)/t60-,61+,62+/m0/s1. The predicted octanol–water partition coefficient (Wildman–Crippen LogP) is 18.6. The molecule has 0 saturated carbocycles. The van der Waals surface area contributed by atoms with Gasteiger partial charge in [-0.3, -0.25) is 37.3 Å². The highest BCUT2D eigenvalue weighted by atomic mass is 31.2. The van der Waals surface area contributed by atoms with E-state index in [0.29, 0.717) is 25.7 Å². The molecule has 17 nitrogen and oxygen atoms in total. The van der Waals surface area contributed by atoms with E-state index in [1.54, 1.807) is 0 Å². The SMILES string of the molecule is CCCCCCCCCCCCCCCC(=O)OC[C@H](COP(=O)(O)OC[C@@H](O)COP(=O)(O)OC[C@@H](COC(=O)CCCCCCCCC)OC(=O)CCCCCCCCC)OC(=O)CCCCCCCCCCCCCCCCCC(C)C. The van der Waals surface area contributed by atoms with Crippen LogP contribution in [-0.4, -0.2) is 96.7 Å². The van der Waals surface area contributed by atoms with Crippen LogP contribution in [0.3, 0.4) is 0 Å². The molecular weight excluding hydrogens is 1130 g/mol. The van der Waals surface area contributed by atoms with Gasteiger partial charge >= 0.3 is 39.5 Å². The smallest absolute Gasteiger partial charge is 0.462 e. The van der Waals surface area contributed by atoms with Gasteiger partial charge in [0.1, 0.15) is 19.3 Å². The number of hydrogen-bond acceptors (Lipinski definition) is 15. The summed E-state index contributed by atoms with van der Waals surface area (Å²) in [7, 11) is -9.88. The lowest BCUT2D eigenvalue weighted by molar-refractivity contribution is -0.161. The van der Waals surface area contributed by atoms with Gasteiger partial charge in [-0.1, -0.05) is 285 Å². The molecule has 0 radical (unpaired) electrons. The summed E-state index contributed by atoms with van der Waals surface area (Å²) >= 11 is 0. The second-order valence-electron chi connectivity index (χ2n) is 24.3. The molecular formula is C66H128O17P2. The minimum Gasteiger partial charge on any atom is -0.462 e. The Morgan fingerprint density at radius 3 is 0.800 bits per heavy atom. The van der Waals surface area contributed by atoms with Crippen molar-refractivity contribution < 1.29 is 80.2 Å². The van der Waals surface area contributed by atoms with E-state index in [0.717, 1.165) is 121 Å². The van der Waals surface area contributed by atoms with E-state index in [4.69, 9.17) is 37.0 Å². The number of rotatable bonds is 66. The van der Waals surface area contributed by atoms with E-state index in [1.807, 2.05) is 0 Å². The number of ether oxygens (including phenoxy) is 4. The molecule has 2 unspecified atom stereocenters. The zero-order chi connectivity index (χ0) is 62.8. The van der Waals surface area contributed by atoms with Gasteiger partial charge < -0.3 is 33.8 Å². The molecule has 0 spiro atoms. The van der Waals surface area contributed by atoms with Crippen molar-refractivity contribution in [3.8, 4) is 0 Å². The summed E-state index contributed by atoms with van der Waals surface area (Å²) in [5.74, 6) is -1.33. The monoisotopic (exact) mass is 1250 g/mol. The van der Waals surface area contributed by atoms with Gasteiger partial charge in [-0.05, 0) is 31.6 Å². The lowest BCUT2D eigenvalue weighted by atomic mass is 10.0. The number of esters is 4. The minimum absolute atomic E-state index is 0.104. The van der Waals surface area contributed by atoms with E-state index in [2.05, 4.69) is 34.6 Å². The van der Waals surface area contributed by atoms with Crippen molar-refractivity contribution in [3.05, 3.63) is 0 Å². The van der Waals surface area contributed by atoms with Gasteiger partial charge in [0.15, 0.2) is 12.2 Å². The highest BCUT2D eigenvalue weighted by Crippen LogP contribution is 2.45. The van der Waals surface area contributed by atoms with Crippen LogP contribution in [-0.2, 0) is 65.4 Å². The summed E-state index contributed by atoms with van der Waals surface area (Å²) in [5.41, 5.74) is 0. The van der Waals surface area contributed by atoms with Crippen LogP contribution in [0.15, 0.2) is 0 Å². The normalized spacial score (nSPS) is 14.2. The Bertz CT molecular complexity index is 1650. The predicted molar refractivity (Wildman–Crippen MR) is 340 cm³/mol. The fourth-order valence-electron chi connectivity index (χ4n) is 9.94. The third kappa shape index (κ3) is 60.7. The molecule has 0 saturated heterocycles. The van der Waals surface area contributed by atoms with Crippen molar-refractivity contribution in [3.63, 3.8) is 0 Å². The number of unbranched alkanes of at least 4 members (excludes halogenated alkanes) is 38. The molecule has 0 aromatic carbocycles. The Kier molecular flexibility index (Phi) is 58.3. The molecule has 3 N–H and O–H groups in total. The van der Waals surface area contributed by atoms with Gasteiger partial charge in [0.2, 0.25) is 0 Å². The van der Waals surface area contributed by atoms with E-state index >= 15 is 0 Å². The van der Waals surface area contributed by atoms with Crippen LogP contribution in [0.25, 0.3) is 0 Å². The van der Waals surface area contributed by atoms with E-state index < -0.39 is 97.5 Å². The zero-order valence-electron chi connectivity index (χ0n) is 54.7. The molecule has 0 aromatic heterocycles. The lowest BCUT2D eigenvalue weighted by Crippen LogP contribution is -2.30. The van der Waals surface area contributed by atoms with Crippen LogP contribution >= 0.6 is 15.6 Å². The van der Waals surface area contributed by atoms with Crippen molar-refractivity contribution in [2.24, 2.45) is 5.92 Å². The van der Waals surface area contributed by atoms with Crippen molar-refractivity contribution in [1.82, 2.24) is 0 Å². The quantitative estimate of drug-likeness (QED) is 0.0222. The maximum atomic E-state index is 13.0. The van der Waals surface area contributed by atoms with Gasteiger partial charge in [0, 0.05) is 25.7 Å². The van der Waals surface area contributed by atoms with Crippen LogP contribution in [0.1, 0.15) is 336 Å². The van der Waals surface area contributed by atoms with E-state index in [9.17, 15) is 43.2 Å². The molecule has 0 heterocycles. The fraction of sp³-hybridized carbons (Fsp3) is 0.939. The second kappa shape index (κ2) is 59.7. The van der Waals surface area contributed by atoms with Gasteiger partial charge in [-0.15, -0.1) is 0 Å². The van der Waals surface area contributed by atoms with Gasteiger partial charge in [-0.2, -0.15) is 0 Å². The Labute approximate surface area is 517 Å². The molecule has 504 valence electrons. The molecule has 0 aliphatic rings. The Hall–Kier alpha value is -1.94. The summed E-state index contributed by atoms with van der Waals surface area (Å²) < 4.78 is 67.9. The topological polar surface area (TPSA) is 237 Å². The van der Waals surface area contributed by atoms with Crippen LogP contribution in [0.5, 0.6) is 0 Å². The summed E-state index contributed by atoms with van der Waals surface area (Å²) in [6, 6.07) is 0. The first-order chi connectivity index (χ1) is 41.0. The Morgan fingerprint density at radius 1 is 0.318 bits per heavy atom. The highest BCUT2D eigenvalue weighted by Gasteiger charge is 2.30. The van der Waals surface area contributed by atoms with E-state index in [1.165, 1.54) is 135 Å². The number of carbonyl (C=O) groups excluding carboxylic acids is 4. The number of aliphatic hydroxyl groups excluding tert-OH is 1. The highest BCUT2D eigenvalue weighted by molar-refractivity contribution is 7.47. The zero-order valence-corrected chi connectivity index (χ0v) is 56.5. The maximum Gasteiger partial charge on any atom is 0.472 e. The molecule has 0 aliphatic carbocycles. The molecule has 0 aliphatic heterocycles. The van der Waals surface area contributed by atoms with Gasteiger partial charge in [0.05, 0.1) is 26.4 Å². The first-order valence-corrected chi connectivity index (χ1v) is 37.6. The first-order valence-electron chi connectivity index (χ1n) is 34.6. The van der Waals surface area contributed by atoms with Crippen molar-refractivity contribution in [1.29, 1.82) is 0 Å². The molecule has 0 fully saturated rings. The van der Waals surface area contributed by atoms with Crippen LogP contribution in [0.4, 0.5) is 0 Å². The molecule has 0 aromatic rings. The summed E-state index contributed by atoms with van der Waals surface area (Å²) in [6.45, 7) is 7.16. The Balaban J connectivity index is 5.15. The third-order valence-electron chi connectivity index (χ3n) is 15.3. The largest absolute Gasteiger partial charge is 0.472 e. The molecule has 19 heteroatoms. The molecule has 85 heavy (non-hydrogen) atoms. The van der Waals surface area contributed by atoms with Gasteiger partial charge in [0.25, 0.3) is 0 Å². The fourth-order valence-corrected chi connectivity index (χ4v) is 11.5. The number of aliphatic hydroxyl groups is 1. The molecule has 5 atom stereocenters. The number of phosphoric ester groups is 2. The van der Waals surface area contributed by atoms with Crippen molar-refractivity contribution in [2.75, 3.05) is 39.6 Å². The number of phosphoric acid groups is 2. The van der Waals surface area contributed by atoms with Crippen LogP contribution in [0.2, 0.25) is 0 Å². The second-order valence-corrected chi connectivity index (χ2v) is 27.2. The van der Waals surface area contributed by atoms with E-state index in [-0.39, 0.29) is 25.7 Å². The summed E-state index contributed by atoms with van der Waals surface area (Å²) in [5, 5.41) is 10.5. The summed E-state index contributed by atoms with van der Waals surface area (Å²) in [4.78, 5) is 72.1. The number of carbonyl (C=O) groups is 4. The molecule has 0 rings (SSSR count). The lowest BCUT2D eigenvalue weighted by Gasteiger charge is -2.21. The average Bonchev–Trinajstić information content (AvgIpc) is 3.54. The molecule has 0 bridgehead atoms. The minimum atomic E-state index is -4.95. The summed E-state index contributed by atoms with van der Waals surface area (Å²) in [6.07, 6.45) is 44.7. The Morgan fingerprint density at radius 2 is 0.541 bits per heavy atom. The van der Waals surface area contributed by atoms with Crippen LogP contribution in [0, 0.1) is 5.92 Å². The van der Waals surface area contributed by atoms with Crippen LogP contribution < -0.4 is 0 Å². The average molecular weight is 1260 g/mol. The molecule has 0 amide bonds. The third-order valence-corrected chi connectivity index (χ3v) is 17.2.